The molecule has 0 aromatic heterocycles. The molecule has 2 aromatic carbocycles. The van der Waals surface area contributed by atoms with Gasteiger partial charge in [0.15, 0.2) is 6.54 Å². The molecule has 22 heavy (non-hydrogen) atoms. The number of quaternary nitrogens is 1. The third-order valence-corrected chi connectivity index (χ3v) is 3.28. The van der Waals surface area contributed by atoms with Crippen LogP contribution in [0.25, 0.3) is 0 Å². The number of carbonyl (C=O) groups is 1. The zero-order valence-electron chi connectivity index (χ0n) is 12.4. The fourth-order valence-electron chi connectivity index (χ4n) is 2.15. The lowest BCUT2D eigenvalue weighted by Crippen LogP contribution is -3.08. The molecule has 1 amide bonds. The molecule has 116 valence electrons. The first-order valence-electron chi connectivity index (χ1n) is 7.10. The number of likely N-dealkylation sites (N-methyl/N-ethyl adjacent to an activating group) is 1. The van der Waals surface area contributed by atoms with Gasteiger partial charge in [0.2, 0.25) is 0 Å². The highest BCUT2D eigenvalue weighted by Gasteiger charge is 2.10. The normalized spacial score (nSPS) is 12.0. The number of hydrogen-bond donors (Lipinski definition) is 2. The fraction of sp³-hybridized carbons (Fsp3) is 0.235. The minimum Gasteiger partial charge on any atom is -0.347 e. The Labute approximate surface area is 128 Å². The molecule has 0 bridgehead atoms. The van der Waals surface area contributed by atoms with Crippen LogP contribution in [0.5, 0.6) is 0 Å². The molecular formula is C17H19F2N2O+. The summed E-state index contributed by atoms with van der Waals surface area (Å²) < 4.78 is 25.6. The van der Waals surface area contributed by atoms with E-state index in [9.17, 15) is 13.6 Å². The van der Waals surface area contributed by atoms with E-state index < -0.39 is 0 Å². The quantitative estimate of drug-likeness (QED) is 0.829. The van der Waals surface area contributed by atoms with Gasteiger partial charge >= 0.3 is 0 Å². The molecule has 0 aliphatic heterocycles. The van der Waals surface area contributed by atoms with Gasteiger partial charge in [0.25, 0.3) is 5.91 Å². The van der Waals surface area contributed by atoms with Crippen molar-refractivity contribution in [3.8, 4) is 0 Å². The minimum atomic E-state index is -0.293. The lowest BCUT2D eigenvalue weighted by atomic mass is 10.2. The van der Waals surface area contributed by atoms with Gasteiger partial charge in [0.1, 0.15) is 18.2 Å². The van der Waals surface area contributed by atoms with E-state index in [1.54, 1.807) is 24.3 Å². The summed E-state index contributed by atoms with van der Waals surface area (Å²) in [5.41, 5.74) is 1.83. The van der Waals surface area contributed by atoms with E-state index in [1.807, 2.05) is 7.05 Å². The first kappa shape index (κ1) is 16.1. The highest BCUT2D eigenvalue weighted by Crippen LogP contribution is 2.02. The summed E-state index contributed by atoms with van der Waals surface area (Å²) in [7, 11) is 1.90. The van der Waals surface area contributed by atoms with Crippen LogP contribution >= 0.6 is 0 Å². The number of rotatable bonds is 6. The van der Waals surface area contributed by atoms with Gasteiger partial charge in [-0.2, -0.15) is 0 Å². The fourth-order valence-corrected chi connectivity index (χ4v) is 2.15. The maximum atomic E-state index is 12.8. The summed E-state index contributed by atoms with van der Waals surface area (Å²) >= 11 is 0. The second kappa shape index (κ2) is 7.66. The van der Waals surface area contributed by atoms with Gasteiger partial charge < -0.3 is 10.2 Å². The molecule has 1 atom stereocenters. The second-order valence-electron chi connectivity index (χ2n) is 5.34. The summed E-state index contributed by atoms with van der Waals surface area (Å²) in [6.07, 6.45) is 0. The molecule has 0 saturated carbocycles. The van der Waals surface area contributed by atoms with Crippen LogP contribution in [0.4, 0.5) is 8.78 Å². The molecule has 0 heterocycles. The van der Waals surface area contributed by atoms with Gasteiger partial charge in [-0.3, -0.25) is 4.79 Å². The molecule has 0 fully saturated rings. The Kier molecular flexibility index (Phi) is 5.61. The number of hydrogen-bond acceptors (Lipinski definition) is 1. The molecule has 2 aromatic rings. The largest absolute Gasteiger partial charge is 0.347 e. The van der Waals surface area contributed by atoms with E-state index in [0.29, 0.717) is 19.6 Å². The van der Waals surface area contributed by atoms with Crippen LogP contribution in [0.3, 0.4) is 0 Å². The summed E-state index contributed by atoms with van der Waals surface area (Å²) in [6, 6.07) is 12.3. The van der Waals surface area contributed by atoms with E-state index in [1.165, 1.54) is 24.3 Å². The van der Waals surface area contributed by atoms with Gasteiger partial charge in [-0.05, 0) is 29.8 Å². The summed E-state index contributed by atoms with van der Waals surface area (Å²) in [5.74, 6) is -0.638. The number of amides is 1. The topological polar surface area (TPSA) is 33.5 Å². The maximum absolute atomic E-state index is 12.8. The van der Waals surface area contributed by atoms with Crippen molar-refractivity contribution in [3.63, 3.8) is 0 Å². The summed E-state index contributed by atoms with van der Waals surface area (Å²) in [5, 5.41) is 2.80. The Bertz CT molecular complexity index is 612. The molecule has 5 heteroatoms. The highest BCUT2D eigenvalue weighted by molar-refractivity contribution is 5.76. The molecular weight excluding hydrogens is 286 g/mol. The lowest BCUT2D eigenvalue weighted by Gasteiger charge is -2.14. The van der Waals surface area contributed by atoms with Crippen molar-refractivity contribution in [1.29, 1.82) is 0 Å². The monoisotopic (exact) mass is 305 g/mol. The van der Waals surface area contributed by atoms with Gasteiger partial charge in [-0.1, -0.05) is 24.3 Å². The minimum absolute atomic E-state index is 0.0797. The number of benzene rings is 2. The molecule has 0 radical (unpaired) electrons. The van der Waals surface area contributed by atoms with Crippen molar-refractivity contribution in [2.24, 2.45) is 0 Å². The highest BCUT2D eigenvalue weighted by atomic mass is 19.1. The Hall–Kier alpha value is -2.27. The standard InChI is InChI=1S/C17H18F2N2O/c1-21(11-14-4-8-16(19)9-5-14)12-17(22)20-10-13-2-6-15(18)7-3-13/h2-9H,10-12H2,1H3,(H,20,22)/p+1. The predicted molar refractivity (Wildman–Crippen MR) is 80.1 cm³/mol. The molecule has 0 spiro atoms. The van der Waals surface area contributed by atoms with E-state index in [0.717, 1.165) is 16.0 Å². The zero-order valence-corrected chi connectivity index (χ0v) is 12.4. The van der Waals surface area contributed by atoms with Gasteiger partial charge in [0.05, 0.1) is 7.05 Å². The predicted octanol–water partition coefficient (Wildman–Crippen LogP) is 1.30. The smallest absolute Gasteiger partial charge is 0.275 e. The number of carbonyl (C=O) groups excluding carboxylic acids is 1. The van der Waals surface area contributed by atoms with Gasteiger partial charge in [-0.15, -0.1) is 0 Å². The Morgan fingerprint density at radius 1 is 0.955 bits per heavy atom. The van der Waals surface area contributed by atoms with Crippen LogP contribution in [-0.2, 0) is 17.9 Å². The Balaban J connectivity index is 1.76. The van der Waals surface area contributed by atoms with Crippen molar-refractivity contribution < 1.29 is 18.5 Å². The first-order chi connectivity index (χ1) is 10.5. The van der Waals surface area contributed by atoms with E-state index in [2.05, 4.69) is 5.32 Å². The number of nitrogens with one attached hydrogen (secondary N) is 2. The molecule has 2 N–H and O–H groups in total. The average molecular weight is 305 g/mol. The molecule has 3 nitrogen and oxygen atoms in total. The maximum Gasteiger partial charge on any atom is 0.275 e. The molecule has 0 aliphatic rings. The molecule has 1 unspecified atom stereocenters. The van der Waals surface area contributed by atoms with Crippen LogP contribution in [0.1, 0.15) is 11.1 Å². The Morgan fingerprint density at radius 3 is 2.00 bits per heavy atom. The lowest BCUT2D eigenvalue weighted by molar-refractivity contribution is -0.885. The van der Waals surface area contributed by atoms with Crippen LogP contribution in [-0.4, -0.2) is 19.5 Å². The van der Waals surface area contributed by atoms with Crippen molar-refractivity contribution in [1.82, 2.24) is 5.32 Å². The third-order valence-electron chi connectivity index (χ3n) is 3.28. The number of halogens is 2. The SMILES string of the molecule is C[NH+](CC(=O)NCc1ccc(F)cc1)Cc1ccc(F)cc1. The van der Waals surface area contributed by atoms with Gasteiger partial charge in [-0.25, -0.2) is 8.78 Å². The Morgan fingerprint density at radius 2 is 1.45 bits per heavy atom. The third kappa shape index (κ3) is 5.26. The second-order valence-corrected chi connectivity index (χ2v) is 5.34. The van der Waals surface area contributed by atoms with Crippen molar-refractivity contribution >= 4 is 5.91 Å². The summed E-state index contributed by atoms with van der Waals surface area (Å²) in [6.45, 7) is 1.34. The van der Waals surface area contributed by atoms with Crippen LogP contribution in [0.2, 0.25) is 0 Å². The first-order valence-corrected chi connectivity index (χ1v) is 7.10. The van der Waals surface area contributed by atoms with E-state index in [-0.39, 0.29) is 17.5 Å². The average Bonchev–Trinajstić information content (AvgIpc) is 2.49. The van der Waals surface area contributed by atoms with Crippen LogP contribution < -0.4 is 10.2 Å². The van der Waals surface area contributed by atoms with Crippen LogP contribution in [0.15, 0.2) is 48.5 Å². The molecule has 0 saturated heterocycles. The zero-order chi connectivity index (χ0) is 15.9. The van der Waals surface area contributed by atoms with Crippen molar-refractivity contribution in [3.05, 3.63) is 71.3 Å². The van der Waals surface area contributed by atoms with Crippen molar-refractivity contribution in [2.45, 2.75) is 13.1 Å². The van der Waals surface area contributed by atoms with Crippen LogP contribution in [0, 0.1) is 11.6 Å². The van der Waals surface area contributed by atoms with Gasteiger partial charge in [0, 0.05) is 12.1 Å². The molecule has 0 aliphatic carbocycles. The van der Waals surface area contributed by atoms with E-state index >= 15 is 0 Å². The summed E-state index contributed by atoms with van der Waals surface area (Å²) in [4.78, 5) is 12.9. The van der Waals surface area contributed by atoms with E-state index in [4.69, 9.17) is 0 Å². The molecule has 2 rings (SSSR count). The van der Waals surface area contributed by atoms with Crippen molar-refractivity contribution in [2.75, 3.05) is 13.6 Å².